The number of carboxylic acids is 1. The number of pyridine rings is 1. The first-order chi connectivity index (χ1) is 18.6. The molecule has 1 aliphatic carbocycles. The first kappa shape index (κ1) is 25.2. The number of carbonyl (C=O) groups is 3. The van der Waals surface area contributed by atoms with Crippen LogP contribution in [0.5, 0.6) is 0 Å². The van der Waals surface area contributed by atoms with E-state index in [4.69, 9.17) is 10.8 Å². The molecule has 4 heterocycles. The number of likely N-dealkylation sites (tertiary alicyclic amines) is 1. The number of nitrogens with two attached hydrogens (primary N) is 1. The Morgan fingerprint density at radius 1 is 1.21 bits per heavy atom. The zero-order valence-electron chi connectivity index (χ0n) is 21.1. The van der Waals surface area contributed by atoms with E-state index < -0.39 is 12.0 Å². The van der Waals surface area contributed by atoms with Crippen LogP contribution in [-0.2, 0) is 27.3 Å². The number of nitrogens with one attached hydrogen (secondary N) is 1. The quantitative estimate of drug-likeness (QED) is 0.276. The van der Waals surface area contributed by atoms with Crippen molar-refractivity contribution in [3.8, 4) is 0 Å². The van der Waals surface area contributed by atoms with Gasteiger partial charge in [0, 0.05) is 17.8 Å². The first-order valence-electron chi connectivity index (χ1n) is 12.6. The molecule has 2 aliphatic rings. The van der Waals surface area contributed by atoms with Gasteiger partial charge in [0.05, 0.1) is 10.9 Å². The van der Waals surface area contributed by atoms with Gasteiger partial charge >= 0.3 is 5.97 Å². The summed E-state index contributed by atoms with van der Waals surface area (Å²) in [5.74, 6) is -0.631. The number of amides is 2. The number of hydrogen-bond acceptors (Lipinski definition) is 7. The number of carbonyl (C=O) groups excluding carboxylic acids is 2. The number of aromatic nitrogens is 4. The van der Waals surface area contributed by atoms with Gasteiger partial charge in [0.1, 0.15) is 40.8 Å². The fraction of sp³-hybridized carbons (Fsp3) is 0.333. The van der Waals surface area contributed by atoms with Gasteiger partial charge in [0.25, 0.3) is 0 Å². The maximum Gasteiger partial charge on any atom is 0.303 e. The van der Waals surface area contributed by atoms with Crippen LogP contribution in [0.2, 0.25) is 0 Å². The van der Waals surface area contributed by atoms with E-state index in [9.17, 15) is 14.4 Å². The average Bonchev–Trinajstić information content (AvgIpc) is 3.30. The topological polar surface area (TPSA) is 156 Å². The molecule has 1 aliphatic heterocycles. The molecule has 2 fully saturated rings. The van der Waals surface area contributed by atoms with Gasteiger partial charge in [-0.15, -0.1) is 0 Å². The third kappa shape index (κ3) is 4.48. The van der Waals surface area contributed by atoms with Crippen LogP contribution in [0.25, 0.3) is 21.9 Å². The van der Waals surface area contributed by atoms with Gasteiger partial charge in [-0.25, -0.2) is 15.0 Å². The number of benzene rings is 1. The number of carboxylic acid groups (broad SMARTS) is 1. The molecule has 6 rings (SSSR count). The standard InChI is InChI=1S/C27H26BrN7O4/c1-27-10-17(26(39)33-20-4-2-3-19(28)32-20)35(18(27)11-27)21(36)12-34-16-7-5-14(6-8-22(37)38)9-15(16)23-24(29)30-13-31-25(23)34/h2-5,7,9,13,17-18H,6,8,10-12H2,1H3,(H,37,38)(H2,29,30,31)(H,32,33,39)/t17-,18+,27-/m0/s1. The number of halogens is 1. The van der Waals surface area contributed by atoms with E-state index in [1.165, 1.54) is 6.33 Å². The number of aliphatic carboxylic acids is 1. The number of anilines is 2. The van der Waals surface area contributed by atoms with Crippen molar-refractivity contribution < 1.29 is 19.5 Å². The van der Waals surface area contributed by atoms with Crippen LogP contribution in [0.4, 0.5) is 11.6 Å². The largest absolute Gasteiger partial charge is 0.481 e. The molecular formula is C27H26BrN7O4. The Morgan fingerprint density at radius 3 is 2.79 bits per heavy atom. The molecule has 0 radical (unpaired) electrons. The lowest BCUT2D eigenvalue weighted by Gasteiger charge is -2.27. The Bertz CT molecular complexity index is 1670. The van der Waals surface area contributed by atoms with Crippen LogP contribution in [-0.4, -0.2) is 59.4 Å². The van der Waals surface area contributed by atoms with Gasteiger partial charge in [-0.2, -0.15) is 0 Å². The lowest BCUT2D eigenvalue weighted by molar-refractivity contribution is -0.138. The summed E-state index contributed by atoms with van der Waals surface area (Å²) >= 11 is 3.32. The Labute approximate surface area is 231 Å². The molecule has 4 aromatic rings. The summed E-state index contributed by atoms with van der Waals surface area (Å²) in [6.07, 6.45) is 3.16. The molecule has 0 unspecified atom stereocenters. The normalized spacial score (nSPS) is 21.7. The van der Waals surface area contributed by atoms with Crippen molar-refractivity contribution in [2.75, 3.05) is 11.1 Å². The summed E-state index contributed by atoms with van der Waals surface area (Å²) in [6.45, 7) is 2.08. The minimum atomic E-state index is -0.877. The molecule has 1 saturated carbocycles. The molecule has 3 atom stereocenters. The number of hydrogen-bond donors (Lipinski definition) is 3. The zero-order chi connectivity index (χ0) is 27.5. The highest BCUT2D eigenvalue weighted by Gasteiger charge is 2.64. The van der Waals surface area contributed by atoms with Crippen molar-refractivity contribution in [2.24, 2.45) is 5.41 Å². The van der Waals surface area contributed by atoms with Crippen molar-refractivity contribution in [1.82, 2.24) is 24.4 Å². The summed E-state index contributed by atoms with van der Waals surface area (Å²) in [7, 11) is 0. The summed E-state index contributed by atoms with van der Waals surface area (Å²) in [5, 5.41) is 13.3. The smallest absolute Gasteiger partial charge is 0.303 e. The fourth-order valence-corrected chi connectivity index (χ4v) is 6.16. The van der Waals surface area contributed by atoms with Gasteiger partial charge in [0.2, 0.25) is 11.8 Å². The summed E-state index contributed by atoms with van der Waals surface area (Å²) in [6, 6.07) is 10.2. The highest BCUT2D eigenvalue weighted by Crippen LogP contribution is 2.59. The van der Waals surface area contributed by atoms with Crippen molar-refractivity contribution in [3.63, 3.8) is 0 Å². The van der Waals surface area contributed by atoms with Crippen LogP contribution >= 0.6 is 15.9 Å². The molecule has 3 aromatic heterocycles. The maximum absolute atomic E-state index is 13.9. The molecule has 1 saturated heterocycles. The highest BCUT2D eigenvalue weighted by molar-refractivity contribution is 9.10. The summed E-state index contributed by atoms with van der Waals surface area (Å²) in [4.78, 5) is 52.9. The number of nitrogens with zero attached hydrogens (tertiary/aromatic N) is 5. The van der Waals surface area contributed by atoms with Crippen LogP contribution in [0.1, 0.15) is 31.7 Å². The van der Waals surface area contributed by atoms with Crippen LogP contribution in [0, 0.1) is 5.41 Å². The molecule has 39 heavy (non-hydrogen) atoms. The molecule has 12 heteroatoms. The number of piperidine rings is 1. The zero-order valence-corrected chi connectivity index (χ0v) is 22.7. The monoisotopic (exact) mass is 591 g/mol. The summed E-state index contributed by atoms with van der Waals surface area (Å²) in [5.41, 5.74) is 8.24. The minimum absolute atomic E-state index is 0.00262. The van der Waals surface area contributed by atoms with Crippen molar-refractivity contribution in [3.05, 3.63) is 52.9 Å². The predicted molar refractivity (Wildman–Crippen MR) is 148 cm³/mol. The number of nitrogen functional groups attached to an aromatic ring is 1. The first-order valence-corrected chi connectivity index (χ1v) is 13.4. The molecule has 200 valence electrons. The summed E-state index contributed by atoms with van der Waals surface area (Å²) < 4.78 is 2.41. The van der Waals surface area contributed by atoms with Gasteiger partial charge in [0.15, 0.2) is 0 Å². The fourth-order valence-electron chi connectivity index (χ4n) is 5.82. The Kier molecular flexibility index (Phi) is 6.01. The van der Waals surface area contributed by atoms with E-state index in [2.05, 4.69) is 43.1 Å². The predicted octanol–water partition coefficient (Wildman–Crippen LogP) is 3.36. The van der Waals surface area contributed by atoms with E-state index in [1.807, 2.05) is 18.2 Å². The van der Waals surface area contributed by atoms with Gasteiger partial charge in [-0.1, -0.05) is 19.1 Å². The molecule has 1 aromatic carbocycles. The lowest BCUT2D eigenvalue weighted by Crippen LogP contribution is -2.46. The van der Waals surface area contributed by atoms with E-state index in [1.54, 1.807) is 27.7 Å². The molecule has 2 amide bonds. The van der Waals surface area contributed by atoms with Crippen molar-refractivity contribution in [2.45, 2.75) is 51.2 Å². The average molecular weight is 592 g/mol. The Balaban J connectivity index is 1.33. The Morgan fingerprint density at radius 2 is 2.03 bits per heavy atom. The molecule has 4 N–H and O–H groups in total. The van der Waals surface area contributed by atoms with E-state index in [0.29, 0.717) is 34.3 Å². The van der Waals surface area contributed by atoms with Crippen LogP contribution in [0.3, 0.4) is 0 Å². The van der Waals surface area contributed by atoms with Gasteiger partial charge in [-0.3, -0.25) is 14.4 Å². The van der Waals surface area contributed by atoms with E-state index in [-0.39, 0.29) is 42.1 Å². The third-order valence-electron chi connectivity index (χ3n) is 7.85. The molecular weight excluding hydrogens is 566 g/mol. The van der Waals surface area contributed by atoms with Crippen LogP contribution < -0.4 is 11.1 Å². The maximum atomic E-state index is 13.9. The van der Waals surface area contributed by atoms with Crippen LogP contribution in [0.15, 0.2) is 47.3 Å². The van der Waals surface area contributed by atoms with Gasteiger partial charge in [-0.05, 0) is 70.4 Å². The van der Waals surface area contributed by atoms with Crippen molar-refractivity contribution >= 4 is 67.3 Å². The number of aryl methyl sites for hydroxylation is 1. The Hall–Kier alpha value is -4.06. The molecule has 11 nitrogen and oxygen atoms in total. The van der Waals surface area contributed by atoms with E-state index >= 15 is 0 Å². The van der Waals surface area contributed by atoms with Gasteiger partial charge < -0.3 is 25.6 Å². The second-order valence-corrected chi connectivity index (χ2v) is 11.3. The second-order valence-electron chi connectivity index (χ2n) is 10.5. The third-order valence-corrected chi connectivity index (χ3v) is 8.29. The highest BCUT2D eigenvalue weighted by atomic mass is 79.9. The molecule has 0 spiro atoms. The van der Waals surface area contributed by atoms with Crippen molar-refractivity contribution in [1.29, 1.82) is 0 Å². The lowest BCUT2D eigenvalue weighted by atomic mass is 10.0. The molecule has 0 bridgehead atoms. The van der Waals surface area contributed by atoms with E-state index in [0.717, 1.165) is 22.9 Å². The number of fused-ring (bicyclic) bond motifs is 4. The minimum Gasteiger partial charge on any atom is -0.481 e. The second kappa shape index (κ2) is 9.30. The number of rotatable bonds is 7. The SMILES string of the molecule is C[C@@]12C[C@@H](C(=O)Nc3cccc(Br)n3)N(C(=O)Cn3c4ccc(CCC(=O)O)cc4c4c(N)ncnc43)[C@@H]1C2.